The van der Waals surface area contributed by atoms with E-state index in [1.807, 2.05) is 0 Å². The van der Waals surface area contributed by atoms with E-state index in [0.717, 1.165) is 55.7 Å². The molecular formula is C42H32BrN3. The van der Waals surface area contributed by atoms with Crippen LogP contribution in [0.1, 0.15) is 0 Å². The summed E-state index contributed by atoms with van der Waals surface area (Å²) in [7, 11) is 0. The molecule has 0 atom stereocenters. The lowest BCUT2D eigenvalue weighted by Gasteiger charge is -2.29. The first kappa shape index (κ1) is 29.1. The quantitative estimate of drug-likeness (QED) is 0.153. The summed E-state index contributed by atoms with van der Waals surface area (Å²) in [6.07, 6.45) is 0. The summed E-state index contributed by atoms with van der Waals surface area (Å²) in [5, 5.41) is 0. The van der Waals surface area contributed by atoms with Crippen molar-refractivity contribution in [1.82, 2.24) is 0 Å². The Morgan fingerprint density at radius 2 is 0.391 bits per heavy atom. The van der Waals surface area contributed by atoms with Crippen molar-refractivity contribution >= 4 is 67.1 Å². The smallest absolute Gasteiger partial charge is 0.0463 e. The Morgan fingerprint density at radius 1 is 0.217 bits per heavy atom. The lowest BCUT2D eigenvalue weighted by molar-refractivity contribution is 1.24. The third-order valence-electron chi connectivity index (χ3n) is 7.87. The van der Waals surface area contributed by atoms with Gasteiger partial charge < -0.3 is 14.7 Å². The normalized spacial score (nSPS) is 10.7. The van der Waals surface area contributed by atoms with E-state index in [0.29, 0.717) is 0 Å². The maximum absolute atomic E-state index is 3.62. The highest BCUT2D eigenvalue weighted by Crippen LogP contribution is 2.41. The fourth-order valence-electron chi connectivity index (χ4n) is 5.74. The van der Waals surface area contributed by atoms with Crippen LogP contribution in [-0.4, -0.2) is 0 Å². The fraction of sp³-hybridized carbons (Fsp3) is 0. The maximum Gasteiger partial charge on any atom is 0.0463 e. The number of nitrogens with zero attached hydrogens (tertiary/aromatic N) is 3. The summed E-state index contributed by atoms with van der Waals surface area (Å²) < 4.78 is 1.05. The minimum absolute atomic E-state index is 1.05. The van der Waals surface area contributed by atoms with Gasteiger partial charge in [-0.05, 0) is 121 Å². The van der Waals surface area contributed by atoms with Crippen LogP contribution in [0.5, 0.6) is 0 Å². The molecule has 0 heterocycles. The van der Waals surface area contributed by atoms with Crippen LogP contribution in [0.4, 0.5) is 51.2 Å². The van der Waals surface area contributed by atoms with Crippen molar-refractivity contribution in [3.8, 4) is 0 Å². The maximum atomic E-state index is 3.62. The van der Waals surface area contributed by atoms with E-state index in [1.54, 1.807) is 0 Å². The van der Waals surface area contributed by atoms with Gasteiger partial charge in [0.05, 0.1) is 0 Å². The Hall–Kier alpha value is -5.58. The highest BCUT2D eigenvalue weighted by molar-refractivity contribution is 9.10. The SMILES string of the molecule is Brc1ccc(N(c2ccc(N(c3ccccc3)c3ccccc3)cc2)c2ccc(N(c3ccccc3)c3ccccc3)cc2)cc1. The summed E-state index contributed by atoms with van der Waals surface area (Å²) in [6, 6.07) is 68.0. The van der Waals surface area contributed by atoms with Crippen molar-refractivity contribution in [3.63, 3.8) is 0 Å². The Morgan fingerprint density at radius 3 is 0.609 bits per heavy atom. The van der Waals surface area contributed by atoms with Gasteiger partial charge in [-0.25, -0.2) is 0 Å². The molecule has 7 rings (SSSR count). The van der Waals surface area contributed by atoms with Gasteiger partial charge in [0, 0.05) is 55.7 Å². The van der Waals surface area contributed by atoms with Gasteiger partial charge in [-0.3, -0.25) is 0 Å². The molecule has 0 unspecified atom stereocenters. The van der Waals surface area contributed by atoms with E-state index in [4.69, 9.17) is 0 Å². The molecule has 3 nitrogen and oxygen atoms in total. The molecule has 0 radical (unpaired) electrons. The standard InChI is InChI=1S/C42H32BrN3/c43-33-21-23-38(24-22-33)46(41-29-25-39(26-30-41)44(34-13-5-1-6-14-34)35-15-7-2-8-16-35)42-31-27-40(28-32-42)45(36-17-9-3-10-18-36)37-19-11-4-12-20-37/h1-32H. The largest absolute Gasteiger partial charge is 0.311 e. The Kier molecular flexibility index (Phi) is 8.62. The predicted octanol–water partition coefficient (Wildman–Crippen LogP) is 12.9. The average Bonchev–Trinajstić information content (AvgIpc) is 3.13. The molecule has 0 saturated carbocycles. The Bertz CT molecular complexity index is 1760. The molecule has 0 aromatic heterocycles. The molecule has 222 valence electrons. The highest BCUT2D eigenvalue weighted by Gasteiger charge is 2.17. The minimum Gasteiger partial charge on any atom is -0.311 e. The van der Waals surface area contributed by atoms with Crippen LogP contribution in [-0.2, 0) is 0 Å². The number of anilines is 9. The van der Waals surface area contributed by atoms with Crippen molar-refractivity contribution in [1.29, 1.82) is 0 Å². The van der Waals surface area contributed by atoms with Crippen molar-refractivity contribution in [3.05, 3.63) is 199 Å². The summed E-state index contributed by atoms with van der Waals surface area (Å²) in [5.74, 6) is 0. The minimum atomic E-state index is 1.05. The molecule has 7 aromatic rings. The van der Waals surface area contributed by atoms with Crippen LogP contribution in [0.15, 0.2) is 199 Å². The zero-order chi connectivity index (χ0) is 31.1. The second-order valence-electron chi connectivity index (χ2n) is 10.9. The van der Waals surface area contributed by atoms with Gasteiger partial charge in [-0.2, -0.15) is 0 Å². The molecule has 0 aliphatic heterocycles. The number of hydrogen-bond donors (Lipinski definition) is 0. The second-order valence-corrected chi connectivity index (χ2v) is 11.8. The van der Waals surface area contributed by atoms with E-state index in [9.17, 15) is 0 Å². The molecule has 0 aliphatic carbocycles. The Balaban J connectivity index is 1.27. The van der Waals surface area contributed by atoms with Crippen LogP contribution in [0.3, 0.4) is 0 Å². The molecule has 0 N–H and O–H groups in total. The van der Waals surface area contributed by atoms with E-state index < -0.39 is 0 Å². The summed E-state index contributed by atoms with van der Waals surface area (Å²) >= 11 is 3.62. The molecule has 0 amide bonds. The number of para-hydroxylation sites is 4. The molecule has 0 aliphatic rings. The summed E-state index contributed by atoms with van der Waals surface area (Å²) in [4.78, 5) is 6.86. The number of rotatable bonds is 9. The van der Waals surface area contributed by atoms with Gasteiger partial charge in [-0.15, -0.1) is 0 Å². The third kappa shape index (κ3) is 6.30. The van der Waals surface area contributed by atoms with Gasteiger partial charge >= 0.3 is 0 Å². The van der Waals surface area contributed by atoms with Crippen molar-refractivity contribution in [2.75, 3.05) is 14.7 Å². The zero-order valence-corrected chi connectivity index (χ0v) is 26.8. The molecule has 0 spiro atoms. The van der Waals surface area contributed by atoms with Crippen LogP contribution >= 0.6 is 15.9 Å². The fourth-order valence-corrected chi connectivity index (χ4v) is 6.01. The summed E-state index contributed by atoms with van der Waals surface area (Å²) in [6.45, 7) is 0. The van der Waals surface area contributed by atoms with Crippen molar-refractivity contribution < 1.29 is 0 Å². The molecule has 46 heavy (non-hydrogen) atoms. The lowest BCUT2D eigenvalue weighted by Crippen LogP contribution is -2.13. The van der Waals surface area contributed by atoms with E-state index in [-0.39, 0.29) is 0 Å². The van der Waals surface area contributed by atoms with Crippen LogP contribution in [0.2, 0.25) is 0 Å². The van der Waals surface area contributed by atoms with Gasteiger partial charge in [0.15, 0.2) is 0 Å². The van der Waals surface area contributed by atoms with E-state index in [2.05, 4.69) is 225 Å². The monoisotopic (exact) mass is 657 g/mol. The third-order valence-corrected chi connectivity index (χ3v) is 8.40. The molecule has 0 saturated heterocycles. The number of benzene rings is 7. The van der Waals surface area contributed by atoms with Crippen LogP contribution in [0, 0.1) is 0 Å². The topological polar surface area (TPSA) is 9.72 Å². The van der Waals surface area contributed by atoms with Crippen molar-refractivity contribution in [2.24, 2.45) is 0 Å². The first-order valence-corrected chi connectivity index (χ1v) is 16.1. The first-order chi connectivity index (χ1) is 22.7. The Labute approximate surface area is 279 Å². The van der Waals surface area contributed by atoms with Crippen LogP contribution in [0.25, 0.3) is 0 Å². The zero-order valence-electron chi connectivity index (χ0n) is 25.2. The van der Waals surface area contributed by atoms with Crippen molar-refractivity contribution in [2.45, 2.75) is 0 Å². The lowest BCUT2D eigenvalue weighted by atomic mass is 10.1. The van der Waals surface area contributed by atoms with Gasteiger partial charge in [0.25, 0.3) is 0 Å². The number of hydrogen-bond acceptors (Lipinski definition) is 3. The predicted molar refractivity (Wildman–Crippen MR) is 198 cm³/mol. The van der Waals surface area contributed by atoms with Gasteiger partial charge in [0.1, 0.15) is 0 Å². The highest BCUT2D eigenvalue weighted by atomic mass is 79.9. The molecule has 4 heteroatoms. The van der Waals surface area contributed by atoms with E-state index in [1.165, 1.54) is 0 Å². The first-order valence-electron chi connectivity index (χ1n) is 15.3. The van der Waals surface area contributed by atoms with Gasteiger partial charge in [-0.1, -0.05) is 88.7 Å². The number of halogens is 1. The molecule has 0 fully saturated rings. The van der Waals surface area contributed by atoms with Gasteiger partial charge in [0.2, 0.25) is 0 Å². The van der Waals surface area contributed by atoms with E-state index >= 15 is 0 Å². The second kappa shape index (κ2) is 13.6. The molecule has 0 bridgehead atoms. The average molecular weight is 659 g/mol. The summed E-state index contributed by atoms with van der Waals surface area (Å²) in [5.41, 5.74) is 9.86. The molecular weight excluding hydrogens is 626 g/mol. The van der Waals surface area contributed by atoms with Crippen LogP contribution < -0.4 is 14.7 Å². The molecule has 7 aromatic carbocycles.